The molecule has 1 aliphatic carbocycles. The zero-order chi connectivity index (χ0) is 24.1. The van der Waals surface area contributed by atoms with Crippen molar-refractivity contribution in [2.24, 2.45) is 5.92 Å². The van der Waals surface area contributed by atoms with Crippen molar-refractivity contribution in [3.05, 3.63) is 61.8 Å². The molecule has 34 heavy (non-hydrogen) atoms. The zero-order valence-electron chi connectivity index (χ0n) is 19.0. The van der Waals surface area contributed by atoms with E-state index in [1.807, 2.05) is 13.0 Å². The molecular weight excluding hydrogens is 568 g/mol. The van der Waals surface area contributed by atoms with E-state index in [4.69, 9.17) is 9.47 Å². The first kappa shape index (κ1) is 25.0. The first-order chi connectivity index (χ1) is 16.5. The van der Waals surface area contributed by atoms with Crippen molar-refractivity contribution < 1.29 is 23.5 Å². The van der Waals surface area contributed by atoms with Crippen LogP contribution in [-0.2, 0) is 11.4 Å². The van der Waals surface area contributed by atoms with Gasteiger partial charge in [-0.3, -0.25) is 14.5 Å². The van der Waals surface area contributed by atoms with Crippen LogP contribution in [0, 0.1) is 15.3 Å². The van der Waals surface area contributed by atoms with Crippen molar-refractivity contribution in [3.8, 4) is 11.5 Å². The molecule has 2 amide bonds. The van der Waals surface area contributed by atoms with Gasteiger partial charge in [-0.1, -0.05) is 37.5 Å². The van der Waals surface area contributed by atoms with Crippen LogP contribution in [0.1, 0.15) is 50.2 Å². The largest absolute Gasteiger partial charge is 0.490 e. The average molecular weight is 595 g/mol. The summed E-state index contributed by atoms with van der Waals surface area (Å²) in [6.45, 7) is 2.87. The summed E-state index contributed by atoms with van der Waals surface area (Å²) in [6.07, 6.45) is 7.45. The van der Waals surface area contributed by atoms with Crippen LogP contribution in [0.2, 0.25) is 0 Å². The van der Waals surface area contributed by atoms with Crippen molar-refractivity contribution in [1.29, 1.82) is 0 Å². The molecule has 1 saturated carbocycles. The molecule has 0 radical (unpaired) electrons. The van der Waals surface area contributed by atoms with E-state index in [2.05, 4.69) is 22.6 Å². The van der Waals surface area contributed by atoms with Gasteiger partial charge in [0.25, 0.3) is 11.1 Å². The van der Waals surface area contributed by atoms with Crippen LogP contribution in [0.5, 0.6) is 11.5 Å². The normalized spacial score (nSPS) is 18.1. The van der Waals surface area contributed by atoms with Crippen LogP contribution < -0.4 is 9.47 Å². The van der Waals surface area contributed by atoms with Gasteiger partial charge in [-0.15, -0.1) is 0 Å². The maximum absolute atomic E-state index is 14.0. The molecule has 0 spiro atoms. The Labute approximate surface area is 217 Å². The summed E-state index contributed by atoms with van der Waals surface area (Å²) in [5.41, 5.74) is 1.20. The Morgan fingerprint density at radius 2 is 1.91 bits per heavy atom. The first-order valence-corrected chi connectivity index (χ1v) is 13.4. The molecule has 0 atom stereocenters. The third kappa shape index (κ3) is 5.94. The number of amides is 2. The minimum atomic E-state index is -0.323. The van der Waals surface area contributed by atoms with Gasteiger partial charge >= 0.3 is 0 Å². The highest BCUT2D eigenvalue weighted by Crippen LogP contribution is 2.38. The van der Waals surface area contributed by atoms with E-state index < -0.39 is 0 Å². The lowest BCUT2D eigenvalue weighted by molar-refractivity contribution is -0.123. The number of benzene rings is 2. The topological polar surface area (TPSA) is 55.8 Å². The average Bonchev–Trinajstić information content (AvgIpc) is 3.08. The Bertz CT molecular complexity index is 1100. The monoisotopic (exact) mass is 595 g/mol. The van der Waals surface area contributed by atoms with E-state index >= 15 is 0 Å². The molecule has 0 bridgehead atoms. The predicted molar refractivity (Wildman–Crippen MR) is 140 cm³/mol. The second-order valence-corrected chi connectivity index (χ2v) is 10.6. The maximum atomic E-state index is 14.0. The number of carbonyl (C=O) groups excluding carboxylic acids is 2. The molecule has 0 unspecified atom stereocenters. The predicted octanol–water partition coefficient (Wildman–Crippen LogP) is 7.02. The molecule has 2 aromatic rings. The molecule has 0 N–H and O–H groups in total. The summed E-state index contributed by atoms with van der Waals surface area (Å²) in [7, 11) is 0. The van der Waals surface area contributed by atoms with Crippen molar-refractivity contribution in [2.45, 2.75) is 45.6 Å². The van der Waals surface area contributed by atoms with E-state index in [1.54, 1.807) is 30.3 Å². The highest BCUT2D eigenvalue weighted by molar-refractivity contribution is 14.1. The number of hydrogen-bond acceptors (Lipinski definition) is 5. The lowest BCUT2D eigenvalue weighted by atomic mass is 9.89. The molecule has 1 heterocycles. The second-order valence-electron chi connectivity index (χ2n) is 8.44. The van der Waals surface area contributed by atoms with Gasteiger partial charge in [-0.2, -0.15) is 0 Å². The van der Waals surface area contributed by atoms with Crippen molar-refractivity contribution in [3.63, 3.8) is 0 Å². The fourth-order valence-electron chi connectivity index (χ4n) is 4.28. The molecule has 180 valence electrons. The fraction of sp³-hybridized carbons (Fsp3) is 0.385. The van der Waals surface area contributed by atoms with Gasteiger partial charge in [-0.05, 0) is 89.9 Å². The molecule has 5 nitrogen and oxygen atoms in total. The Hall–Kier alpha value is -2.07. The van der Waals surface area contributed by atoms with E-state index in [0.29, 0.717) is 41.0 Å². The van der Waals surface area contributed by atoms with E-state index in [1.165, 1.54) is 30.2 Å². The molecule has 0 aromatic heterocycles. The fourth-order valence-corrected chi connectivity index (χ4v) is 5.91. The summed E-state index contributed by atoms with van der Waals surface area (Å²) in [4.78, 5) is 27.3. The Morgan fingerprint density at radius 1 is 1.15 bits per heavy atom. The van der Waals surface area contributed by atoms with Gasteiger partial charge in [0, 0.05) is 12.1 Å². The van der Waals surface area contributed by atoms with Crippen LogP contribution >= 0.6 is 34.4 Å². The second kappa shape index (κ2) is 11.6. The van der Waals surface area contributed by atoms with Gasteiger partial charge in [0.1, 0.15) is 12.4 Å². The van der Waals surface area contributed by atoms with Crippen LogP contribution in [0.25, 0.3) is 6.08 Å². The molecule has 8 heteroatoms. The molecular formula is C26H27FINO4S. The number of nitrogens with zero attached hydrogens (tertiary/aromatic N) is 1. The lowest BCUT2D eigenvalue weighted by Gasteiger charge is -2.25. The number of hydrogen-bond donors (Lipinski definition) is 0. The molecule has 4 rings (SSSR count). The van der Waals surface area contributed by atoms with Crippen LogP contribution in [-0.4, -0.2) is 29.2 Å². The number of imide groups is 1. The lowest BCUT2D eigenvalue weighted by Crippen LogP contribution is -2.34. The highest BCUT2D eigenvalue weighted by atomic mass is 127. The van der Waals surface area contributed by atoms with Crippen molar-refractivity contribution >= 4 is 51.6 Å². The van der Waals surface area contributed by atoms with E-state index in [-0.39, 0.29) is 23.6 Å². The maximum Gasteiger partial charge on any atom is 0.293 e. The Kier molecular flexibility index (Phi) is 8.52. The van der Waals surface area contributed by atoms with Crippen LogP contribution in [0.15, 0.2) is 41.3 Å². The van der Waals surface area contributed by atoms with Gasteiger partial charge in [-0.25, -0.2) is 4.39 Å². The van der Waals surface area contributed by atoms with E-state index in [9.17, 15) is 14.0 Å². The number of halogens is 2. The minimum Gasteiger partial charge on any atom is -0.490 e. The SMILES string of the molecule is CCOc1cc(/C=C2/SC(=O)N(CC3CCCCC3)C2=O)cc(I)c1OCc1ccccc1F. The molecule has 2 fully saturated rings. The summed E-state index contributed by atoms with van der Waals surface area (Å²) in [6, 6.07) is 10.1. The molecule has 2 aliphatic rings. The summed E-state index contributed by atoms with van der Waals surface area (Å²) < 4.78 is 26.5. The quantitative estimate of drug-likeness (QED) is 0.243. The van der Waals surface area contributed by atoms with Crippen LogP contribution in [0.3, 0.4) is 0 Å². The Balaban J connectivity index is 1.53. The zero-order valence-corrected chi connectivity index (χ0v) is 22.0. The number of carbonyl (C=O) groups is 2. The summed E-state index contributed by atoms with van der Waals surface area (Å²) in [5.74, 6) is 0.883. The first-order valence-electron chi connectivity index (χ1n) is 11.5. The minimum absolute atomic E-state index is 0.0716. The highest BCUT2D eigenvalue weighted by Gasteiger charge is 2.36. The van der Waals surface area contributed by atoms with Gasteiger partial charge in [0.2, 0.25) is 0 Å². The van der Waals surface area contributed by atoms with Gasteiger partial charge < -0.3 is 9.47 Å². The smallest absolute Gasteiger partial charge is 0.293 e. The summed E-state index contributed by atoms with van der Waals surface area (Å²) in [5, 5.41) is -0.202. The third-order valence-electron chi connectivity index (χ3n) is 6.00. The molecule has 1 saturated heterocycles. The number of thioether (sulfide) groups is 1. The number of ether oxygens (including phenoxy) is 2. The van der Waals surface area contributed by atoms with Crippen LogP contribution in [0.4, 0.5) is 9.18 Å². The van der Waals surface area contributed by atoms with Crippen molar-refractivity contribution in [2.75, 3.05) is 13.2 Å². The number of rotatable bonds is 8. The molecule has 2 aromatic carbocycles. The third-order valence-corrected chi connectivity index (χ3v) is 7.71. The Morgan fingerprint density at radius 3 is 2.65 bits per heavy atom. The van der Waals surface area contributed by atoms with Gasteiger partial charge in [0.15, 0.2) is 11.5 Å². The summed E-state index contributed by atoms with van der Waals surface area (Å²) >= 11 is 3.13. The van der Waals surface area contributed by atoms with Crippen molar-refractivity contribution in [1.82, 2.24) is 4.90 Å². The molecule has 1 aliphatic heterocycles. The standard InChI is InChI=1S/C26H27FINO4S/c1-2-32-22-13-18(12-21(28)24(22)33-16-19-10-6-7-11-20(19)27)14-23-25(30)29(26(31)34-23)15-17-8-4-3-5-9-17/h6-7,10-14,17H,2-5,8-9,15-16H2,1H3/b23-14+. The van der Waals surface area contributed by atoms with E-state index in [0.717, 1.165) is 33.7 Å². The van der Waals surface area contributed by atoms with Gasteiger partial charge in [0.05, 0.1) is 15.1 Å².